The van der Waals surface area contributed by atoms with Crippen LogP contribution in [0.3, 0.4) is 0 Å². The van der Waals surface area contributed by atoms with Gasteiger partial charge in [0.05, 0.1) is 6.54 Å². The molecular formula is C11H23N3OS. The van der Waals surface area contributed by atoms with Crippen molar-refractivity contribution in [2.24, 2.45) is 0 Å². The summed E-state index contributed by atoms with van der Waals surface area (Å²) < 4.78 is 0. The van der Waals surface area contributed by atoms with Crippen LogP contribution in [-0.2, 0) is 4.79 Å². The van der Waals surface area contributed by atoms with E-state index in [0.29, 0.717) is 12.6 Å². The predicted octanol–water partition coefficient (Wildman–Crippen LogP) is 0.102. The zero-order chi connectivity index (χ0) is 12.0. The van der Waals surface area contributed by atoms with E-state index in [9.17, 15) is 4.79 Å². The highest BCUT2D eigenvalue weighted by molar-refractivity contribution is 7.98. The highest BCUT2D eigenvalue weighted by atomic mass is 32.2. The number of thioether (sulfide) groups is 1. The fraction of sp³-hybridized carbons (Fsp3) is 0.909. The second-order valence-electron chi connectivity index (χ2n) is 4.42. The molecule has 4 nitrogen and oxygen atoms in total. The van der Waals surface area contributed by atoms with Gasteiger partial charge in [0.25, 0.3) is 0 Å². The molecule has 1 aliphatic rings. The Balaban J connectivity index is 2.19. The molecule has 1 saturated heterocycles. The van der Waals surface area contributed by atoms with Gasteiger partial charge in [-0.05, 0) is 20.2 Å². The van der Waals surface area contributed by atoms with Crippen molar-refractivity contribution in [3.8, 4) is 0 Å². The number of hydrogen-bond acceptors (Lipinski definition) is 4. The van der Waals surface area contributed by atoms with Crippen molar-refractivity contribution in [3.63, 3.8) is 0 Å². The molecule has 0 spiro atoms. The first-order valence-corrected chi connectivity index (χ1v) is 7.21. The van der Waals surface area contributed by atoms with Crippen molar-refractivity contribution < 1.29 is 4.79 Å². The first-order chi connectivity index (χ1) is 7.63. The van der Waals surface area contributed by atoms with E-state index in [1.807, 2.05) is 4.90 Å². The summed E-state index contributed by atoms with van der Waals surface area (Å²) in [5.74, 6) is 1.29. The molecule has 0 bridgehead atoms. The SMILES string of the molecule is CSCC(C)NCC(=O)N1CCN(C)CC1. The van der Waals surface area contributed by atoms with Crippen LogP contribution < -0.4 is 5.32 Å². The lowest BCUT2D eigenvalue weighted by atomic mass is 10.3. The first-order valence-electron chi connectivity index (χ1n) is 5.82. The van der Waals surface area contributed by atoms with Gasteiger partial charge in [0.1, 0.15) is 0 Å². The van der Waals surface area contributed by atoms with E-state index in [1.165, 1.54) is 0 Å². The highest BCUT2D eigenvalue weighted by Crippen LogP contribution is 2.00. The quantitative estimate of drug-likeness (QED) is 0.745. The maximum Gasteiger partial charge on any atom is 0.236 e. The molecule has 0 aromatic heterocycles. The van der Waals surface area contributed by atoms with Crippen molar-refractivity contribution in [1.82, 2.24) is 15.1 Å². The Morgan fingerprint density at radius 1 is 1.38 bits per heavy atom. The van der Waals surface area contributed by atoms with Crippen molar-refractivity contribution in [3.05, 3.63) is 0 Å². The zero-order valence-electron chi connectivity index (χ0n) is 10.5. The maximum atomic E-state index is 11.9. The zero-order valence-corrected chi connectivity index (χ0v) is 11.3. The molecule has 0 saturated carbocycles. The third kappa shape index (κ3) is 4.72. The fourth-order valence-electron chi connectivity index (χ4n) is 1.74. The number of piperazine rings is 1. The van der Waals surface area contributed by atoms with Crippen LogP contribution in [0.1, 0.15) is 6.92 Å². The summed E-state index contributed by atoms with van der Waals surface area (Å²) in [6.45, 7) is 6.32. The monoisotopic (exact) mass is 245 g/mol. The van der Waals surface area contributed by atoms with Crippen LogP contribution >= 0.6 is 11.8 Å². The van der Waals surface area contributed by atoms with Crippen LogP contribution in [-0.4, -0.2) is 73.5 Å². The lowest BCUT2D eigenvalue weighted by Crippen LogP contribution is -2.50. The van der Waals surface area contributed by atoms with Gasteiger partial charge in [-0.25, -0.2) is 0 Å². The number of amides is 1. The highest BCUT2D eigenvalue weighted by Gasteiger charge is 2.18. The van der Waals surface area contributed by atoms with Crippen LogP contribution in [0.4, 0.5) is 0 Å². The van der Waals surface area contributed by atoms with Crippen LogP contribution in [0.25, 0.3) is 0 Å². The normalized spacial score (nSPS) is 19.8. The van der Waals surface area contributed by atoms with E-state index in [2.05, 4.69) is 30.4 Å². The van der Waals surface area contributed by atoms with Gasteiger partial charge < -0.3 is 15.1 Å². The summed E-state index contributed by atoms with van der Waals surface area (Å²) in [6, 6.07) is 0.409. The third-order valence-corrected chi connectivity index (χ3v) is 3.71. The summed E-state index contributed by atoms with van der Waals surface area (Å²) in [6.07, 6.45) is 2.08. The molecular weight excluding hydrogens is 222 g/mol. The molecule has 1 aliphatic heterocycles. The van der Waals surface area contributed by atoms with Gasteiger partial charge in [0, 0.05) is 38.0 Å². The minimum absolute atomic E-state index is 0.237. The van der Waals surface area contributed by atoms with Gasteiger partial charge in [-0.3, -0.25) is 4.79 Å². The summed E-state index contributed by atoms with van der Waals surface area (Å²) in [5, 5.41) is 3.27. The molecule has 0 aliphatic carbocycles. The van der Waals surface area contributed by atoms with E-state index >= 15 is 0 Å². The van der Waals surface area contributed by atoms with E-state index in [1.54, 1.807) is 11.8 Å². The van der Waals surface area contributed by atoms with E-state index in [0.717, 1.165) is 31.9 Å². The number of likely N-dealkylation sites (N-methyl/N-ethyl adjacent to an activating group) is 1. The van der Waals surface area contributed by atoms with Gasteiger partial charge >= 0.3 is 0 Å². The Hall–Kier alpha value is -0.260. The lowest BCUT2D eigenvalue weighted by Gasteiger charge is -2.32. The van der Waals surface area contributed by atoms with Crippen molar-refractivity contribution >= 4 is 17.7 Å². The Bertz CT molecular complexity index is 217. The van der Waals surface area contributed by atoms with Gasteiger partial charge in [0.2, 0.25) is 5.91 Å². The molecule has 94 valence electrons. The molecule has 1 N–H and O–H groups in total. The second kappa shape index (κ2) is 7.14. The molecule has 16 heavy (non-hydrogen) atoms. The molecule has 0 radical (unpaired) electrons. The molecule has 1 heterocycles. The van der Waals surface area contributed by atoms with Gasteiger partial charge in [-0.2, -0.15) is 11.8 Å². The van der Waals surface area contributed by atoms with Crippen LogP contribution in [0.2, 0.25) is 0 Å². The lowest BCUT2D eigenvalue weighted by molar-refractivity contribution is -0.131. The molecule has 0 aromatic rings. The minimum atomic E-state index is 0.237. The molecule has 1 amide bonds. The standard InChI is InChI=1S/C11H23N3OS/c1-10(9-16-3)12-8-11(15)14-6-4-13(2)5-7-14/h10,12H,4-9H2,1-3H3. The predicted molar refractivity (Wildman–Crippen MR) is 69.9 cm³/mol. The smallest absolute Gasteiger partial charge is 0.236 e. The average Bonchev–Trinajstić information content (AvgIpc) is 2.27. The van der Waals surface area contributed by atoms with Gasteiger partial charge in [-0.15, -0.1) is 0 Å². The molecule has 5 heteroatoms. The minimum Gasteiger partial charge on any atom is -0.339 e. The largest absolute Gasteiger partial charge is 0.339 e. The van der Waals surface area contributed by atoms with Crippen molar-refractivity contribution in [1.29, 1.82) is 0 Å². The Labute approximate surface area is 103 Å². The third-order valence-electron chi connectivity index (χ3n) is 2.87. The molecule has 1 rings (SSSR count). The Kier molecular flexibility index (Phi) is 6.16. The van der Waals surface area contributed by atoms with E-state index in [-0.39, 0.29) is 5.91 Å². The number of carbonyl (C=O) groups excluding carboxylic acids is 1. The fourth-order valence-corrected chi connectivity index (χ4v) is 2.36. The summed E-state index contributed by atoms with van der Waals surface area (Å²) in [4.78, 5) is 16.1. The first kappa shape index (κ1) is 13.8. The van der Waals surface area contributed by atoms with Gasteiger partial charge in [-0.1, -0.05) is 0 Å². The van der Waals surface area contributed by atoms with Crippen LogP contribution in [0, 0.1) is 0 Å². The summed E-state index contributed by atoms with van der Waals surface area (Å²) >= 11 is 1.80. The topological polar surface area (TPSA) is 35.6 Å². The molecule has 1 unspecified atom stereocenters. The number of rotatable bonds is 5. The Morgan fingerprint density at radius 2 is 2.00 bits per heavy atom. The van der Waals surface area contributed by atoms with E-state index in [4.69, 9.17) is 0 Å². The maximum absolute atomic E-state index is 11.9. The van der Waals surface area contributed by atoms with E-state index < -0.39 is 0 Å². The van der Waals surface area contributed by atoms with Crippen LogP contribution in [0.5, 0.6) is 0 Å². The van der Waals surface area contributed by atoms with Crippen molar-refractivity contribution in [2.45, 2.75) is 13.0 Å². The second-order valence-corrected chi connectivity index (χ2v) is 5.33. The van der Waals surface area contributed by atoms with Gasteiger partial charge in [0.15, 0.2) is 0 Å². The van der Waals surface area contributed by atoms with Crippen LogP contribution in [0.15, 0.2) is 0 Å². The van der Waals surface area contributed by atoms with Crippen molar-refractivity contribution in [2.75, 3.05) is 51.8 Å². The summed E-state index contributed by atoms with van der Waals surface area (Å²) in [7, 11) is 2.10. The number of nitrogens with one attached hydrogen (secondary N) is 1. The average molecular weight is 245 g/mol. The number of hydrogen-bond donors (Lipinski definition) is 1. The Morgan fingerprint density at radius 3 is 2.56 bits per heavy atom. The molecule has 1 atom stereocenters. The molecule has 1 fully saturated rings. The number of nitrogens with zero attached hydrogens (tertiary/aromatic N) is 2. The summed E-state index contributed by atoms with van der Waals surface area (Å²) in [5.41, 5.74) is 0. The number of carbonyl (C=O) groups is 1. The molecule has 0 aromatic carbocycles.